The highest BCUT2D eigenvalue weighted by Gasteiger charge is 2.19. The third-order valence-corrected chi connectivity index (χ3v) is 3.58. The van der Waals surface area contributed by atoms with Crippen LogP contribution in [0, 0.1) is 17.2 Å². The minimum absolute atomic E-state index is 0.105. The van der Waals surface area contributed by atoms with E-state index in [1.54, 1.807) is 0 Å². The van der Waals surface area contributed by atoms with Gasteiger partial charge in [-0.3, -0.25) is 4.79 Å². The van der Waals surface area contributed by atoms with Crippen molar-refractivity contribution in [1.82, 2.24) is 0 Å². The molecule has 88 valence electrons. The number of carbonyl (C=O) groups excluding carboxylic acids is 1. The van der Waals surface area contributed by atoms with Crippen molar-refractivity contribution in [2.24, 2.45) is 11.7 Å². The molecule has 1 atom stereocenters. The molecular weight excluding hydrogens is 300 g/mol. The largest absolute Gasteiger partial charge is 0.401 e. The lowest BCUT2D eigenvalue weighted by Crippen LogP contribution is -2.21. The first-order valence-electron chi connectivity index (χ1n) is 4.79. The summed E-state index contributed by atoms with van der Waals surface area (Å²) in [4.78, 5) is 12.6. The summed E-state index contributed by atoms with van der Waals surface area (Å²) < 4.78 is 0.985. The fourth-order valence-corrected chi connectivity index (χ4v) is 2.20. The molecule has 0 unspecified atom stereocenters. The lowest BCUT2D eigenvalue weighted by atomic mass is 10.1. The molecule has 0 amide bonds. The Morgan fingerprint density at radius 1 is 1.53 bits per heavy atom. The number of benzene rings is 1. The van der Waals surface area contributed by atoms with E-state index in [-0.39, 0.29) is 17.2 Å². The van der Waals surface area contributed by atoms with E-state index in [9.17, 15) is 4.79 Å². The Morgan fingerprint density at radius 2 is 2.12 bits per heavy atom. The average molecular weight is 311 g/mol. The number of thioether (sulfide) groups is 1. The molecular formula is C12H11BrN2OS. The number of hydrogen-bond donors (Lipinski definition) is 1. The van der Waals surface area contributed by atoms with Gasteiger partial charge in [-0.2, -0.15) is 5.26 Å². The van der Waals surface area contributed by atoms with Crippen LogP contribution in [-0.2, 0) is 4.79 Å². The first-order valence-corrected chi connectivity index (χ1v) is 6.57. The number of hydrogen-bond acceptors (Lipinski definition) is 4. The second-order valence-corrected chi connectivity index (χ2v) is 5.31. The van der Waals surface area contributed by atoms with Gasteiger partial charge in [0.15, 0.2) is 5.78 Å². The van der Waals surface area contributed by atoms with Gasteiger partial charge in [-0.25, -0.2) is 0 Å². The van der Waals surface area contributed by atoms with E-state index in [0.29, 0.717) is 0 Å². The summed E-state index contributed by atoms with van der Waals surface area (Å²) in [5, 5.41) is 8.77. The van der Waals surface area contributed by atoms with E-state index >= 15 is 0 Å². The highest BCUT2D eigenvalue weighted by atomic mass is 79.9. The van der Waals surface area contributed by atoms with E-state index in [2.05, 4.69) is 22.5 Å². The topological polar surface area (TPSA) is 66.9 Å². The Hall–Kier alpha value is -1.25. The van der Waals surface area contributed by atoms with E-state index < -0.39 is 5.92 Å². The van der Waals surface area contributed by atoms with Crippen molar-refractivity contribution in [3.05, 3.63) is 41.0 Å². The Kier molecular flexibility index (Phi) is 5.26. The molecule has 1 aromatic rings. The quantitative estimate of drug-likeness (QED) is 0.849. The zero-order valence-corrected chi connectivity index (χ0v) is 11.4. The lowest BCUT2D eigenvalue weighted by molar-refractivity contribution is -0.117. The molecule has 0 aliphatic rings. The summed E-state index contributed by atoms with van der Waals surface area (Å²) in [5.74, 6) is -0.901. The number of nitrogens with zero attached hydrogens (tertiary/aromatic N) is 1. The van der Waals surface area contributed by atoms with Gasteiger partial charge < -0.3 is 5.73 Å². The number of carbonyl (C=O) groups is 1. The normalized spacial score (nSPS) is 11.5. The van der Waals surface area contributed by atoms with Crippen LogP contribution in [0.1, 0.15) is 0 Å². The summed E-state index contributed by atoms with van der Waals surface area (Å²) in [6.07, 6.45) is 0. The van der Waals surface area contributed by atoms with Gasteiger partial charge in [-0.1, -0.05) is 22.5 Å². The number of rotatable bonds is 5. The second kappa shape index (κ2) is 6.48. The predicted molar refractivity (Wildman–Crippen MR) is 72.3 cm³/mol. The average Bonchev–Trinajstić information content (AvgIpc) is 2.28. The van der Waals surface area contributed by atoms with Crippen LogP contribution in [0.15, 0.2) is 45.9 Å². The number of Topliss-reactive ketones (excluding diaryl/α,β-unsaturated/α-hetero) is 1. The summed E-state index contributed by atoms with van der Waals surface area (Å²) >= 11 is 4.71. The summed E-state index contributed by atoms with van der Waals surface area (Å²) in [6, 6.07) is 9.46. The molecule has 0 aliphatic heterocycles. The van der Waals surface area contributed by atoms with Gasteiger partial charge in [0.05, 0.1) is 11.8 Å². The van der Waals surface area contributed by atoms with Crippen LogP contribution in [0.2, 0.25) is 0 Å². The highest BCUT2D eigenvalue weighted by Crippen LogP contribution is 2.21. The molecule has 2 N–H and O–H groups in total. The number of halogens is 1. The summed E-state index contributed by atoms with van der Waals surface area (Å²) in [7, 11) is 0. The number of nitrogens with two attached hydrogens (primary N) is 1. The van der Waals surface area contributed by atoms with Gasteiger partial charge in [0.2, 0.25) is 0 Å². The third-order valence-electron chi connectivity index (χ3n) is 2.02. The molecule has 0 spiro atoms. The molecule has 0 fully saturated rings. The third kappa shape index (κ3) is 4.25. The SMILES string of the molecule is C=C(N)[C@@H](C#N)C(=O)CSc1ccc(Br)cc1. The Labute approximate surface area is 113 Å². The van der Waals surface area contributed by atoms with Gasteiger partial charge in [-0.15, -0.1) is 11.8 Å². The Morgan fingerprint density at radius 3 is 2.59 bits per heavy atom. The van der Waals surface area contributed by atoms with E-state index in [4.69, 9.17) is 11.0 Å². The molecule has 0 heterocycles. The van der Waals surface area contributed by atoms with Crippen molar-refractivity contribution in [3.8, 4) is 6.07 Å². The van der Waals surface area contributed by atoms with Crippen molar-refractivity contribution in [2.45, 2.75) is 4.90 Å². The van der Waals surface area contributed by atoms with Crippen molar-refractivity contribution in [1.29, 1.82) is 5.26 Å². The van der Waals surface area contributed by atoms with Gasteiger partial charge in [-0.05, 0) is 24.3 Å². The molecule has 0 bridgehead atoms. The van der Waals surface area contributed by atoms with Gasteiger partial charge >= 0.3 is 0 Å². The second-order valence-electron chi connectivity index (χ2n) is 3.35. The first kappa shape index (κ1) is 13.8. The number of ketones is 1. The molecule has 1 rings (SSSR count). The van der Waals surface area contributed by atoms with E-state index in [1.807, 2.05) is 30.3 Å². The van der Waals surface area contributed by atoms with Gasteiger partial charge in [0.25, 0.3) is 0 Å². The van der Waals surface area contributed by atoms with Gasteiger partial charge in [0, 0.05) is 15.1 Å². The first-order chi connectivity index (χ1) is 8.04. The Bertz CT molecular complexity index is 464. The van der Waals surface area contributed by atoms with Gasteiger partial charge in [0.1, 0.15) is 5.92 Å². The number of allylic oxidation sites excluding steroid dienone is 1. The van der Waals surface area contributed by atoms with Crippen LogP contribution in [-0.4, -0.2) is 11.5 Å². The maximum Gasteiger partial charge on any atom is 0.166 e. The minimum atomic E-state index is -0.905. The van der Waals surface area contributed by atoms with Crippen molar-refractivity contribution >= 4 is 33.5 Å². The Balaban J connectivity index is 2.57. The molecule has 0 aromatic heterocycles. The molecule has 0 saturated carbocycles. The van der Waals surface area contributed by atoms with Crippen LogP contribution in [0.3, 0.4) is 0 Å². The molecule has 0 saturated heterocycles. The van der Waals surface area contributed by atoms with Crippen molar-refractivity contribution < 1.29 is 4.79 Å². The standard InChI is InChI=1S/C12H11BrN2OS/c1-8(15)11(6-14)12(16)7-17-10-4-2-9(13)3-5-10/h2-5,11H,1,7,15H2/t11-/m1/s1. The van der Waals surface area contributed by atoms with Crippen LogP contribution in [0.5, 0.6) is 0 Å². The van der Waals surface area contributed by atoms with E-state index in [0.717, 1.165) is 9.37 Å². The zero-order chi connectivity index (χ0) is 12.8. The predicted octanol–water partition coefficient (Wildman–Crippen LogP) is 2.72. The zero-order valence-electron chi connectivity index (χ0n) is 9.02. The van der Waals surface area contributed by atoms with E-state index in [1.165, 1.54) is 11.8 Å². The van der Waals surface area contributed by atoms with Crippen molar-refractivity contribution in [3.63, 3.8) is 0 Å². The summed E-state index contributed by atoms with van der Waals surface area (Å²) in [5.41, 5.74) is 5.49. The smallest absolute Gasteiger partial charge is 0.166 e. The van der Waals surface area contributed by atoms with Crippen LogP contribution >= 0.6 is 27.7 Å². The van der Waals surface area contributed by atoms with Crippen LogP contribution < -0.4 is 5.73 Å². The maximum atomic E-state index is 11.7. The monoisotopic (exact) mass is 310 g/mol. The van der Waals surface area contributed by atoms with Crippen molar-refractivity contribution in [2.75, 3.05) is 5.75 Å². The van der Waals surface area contributed by atoms with Crippen LogP contribution in [0.4, 0.5) is 0 Å². The fourth-order valence-electron chi connectivity index (χ4n) is 1.13. The minimum Gasteiger partial charge on any atom is -0.401 e. The molecule has 0 aliphatic carbocycles. The van der Waals surface area contributed by atoms with Crippen LogP contribution in [0.25, 0.3) is 0 Å². The lowest BCUT2D eigenvalue weighted by Gasteiger charge is -2.06. The molecule has 5 heteroatoms. The molecule has 3 nitrogen and oxygen atoms in total. The number of nitriles is 1. The maximum absolute atomic E-state index is 11.7. The molecule has 17 heavy (non-hydrogen) atoms. The molecule has 1 aromatic carbocycles. The highest BCUT2D eigenvalue weighted by molar-refractivity contribution is 9.10. The fraction of sp³-hybridized carbons (Fsp3) is 0.167. The summed E-state index contributed by atoms with van der Waals surface area (Å²) in [6.45, 7) is 3.43. The molecule has 0 radical (unpaired) electrons.